The molecule has 2 aromatic rings. The van der Waals surface area contributed by atoms with Crippen LogP contribution >= 0.6 is 11.6 Å². The molecule has 0 aliphatic rings. The van der Waals surface area contributed by atoms with Gasteiger partial charge in [-0.2, -0.15) is 4.57 Å². The van der Waals surface area contributed by atoms with E-state index in [9.17, 15) is 4.79 Å². The van der Waals surface area contributed by atoms with Crippen molar-refractivity contribution >= 4 is 16.8 Å². The first-order chi connectivity index (χ1) is 7.75. The van der Waals surface area contributed by atoms with E-state index >= 15 is 0 Å². The largest absolute Gasteiger partial charge is 0.286 e. The van der Waals surface area contributed by atoms with Crippen molar-refractivity contribution in [3.63, 3.8) is 0 Å². The van der Waals surface area contributed by atoms with Gasteiger partial charge in [-0.1, -0.05) is 0 Å². The van der Waals surface area contributed by atoms with Crippen molar-refractivity contribution in [3.05, 3.63) is 43.1 Å². The topological polar surface area (TPSA) is 46.7 Å². The predicted molar refractivity (Wildman–Crippen MR) is 58.5 cm³/mol. The van der Waals surface area contributed by atoms with Crippen LogP contribution in [-0.2, 0) is 11.3 Å². The summed E-state index contributed by atoms with van der Waals surface area (Å²) in [4.78, 5) is 18.7. The highest BCUT2D eigenvalue weighted by Gasteiger charge is 2.06. The van der Waals surface area contributed by atoms with Gasteiger partial charge in [-0.25, -0.2) is 9.97 Å². The maximum Gasteiger partial charge on any atom is 0.286 e. The second-order valence-corrected chi connectivity index (χ2v) is 3.63. The summed E-state index contributed by atoms with van der Waals surface area (Å²) in [5, 5.41) is -0.389. The fourth-order valence-corrected chi connectivity index (χ4v) is 1.48. The van der Waals surface area contributed by atoms with Crippen LogP contribution in [0.5, 0.6) is 0 Å². The molecule has 0 saturated carbocycles. The Bertz CT molecular complexity index is 484. The first-order valence-corrected chi connectivity index (χ1v) is 5.07. The molecule has 0 bridgehead atoms. The summed E-state index contributed by atoms with van der Waals surface area (Å²) in [6.07, 6.45) is 6.76. The number of halogens is 1. The molecular formula is C11H9ClN3O+. The fraction of sp³-hybridized carbons (Fsp3) is 0.0909. The van der Waals surface area contributed by atoms with Gasteiger partial charge < -0.3 is 0 Å². The lowest BCUT2D eigenvalue weighted by molar-refractivity contribution is -0.683. The normalized spacial score (nSPS) is 10.1. The van der Waals surface area contributed by atoms with E-state index in [2.05, 4.69) is 9.97 Å². The van der Waals surface area contributed by atoms with Crippen molar-refractivity contribution in [2.45, 2.75) is 6.54 Å². The third-order valence-electron chi connectivity index (χ3n) is 2.08. The van der Waals surface area contributed by atoms with Gasteiger partial charge in [0.2, 0.25) is 6.54 Å². The van der Waals surface area contributed by atoms with Gasteiger partial charge in [0.25, 0.3) is 5.24 Å². The molecule has 0 radical (unpaired) electrons. The van der Waals surface area contributed by atoms with Crippen molar-refractivity contribution in [1.29, 1.82) is 0 Å². The predicted octanol–water partition coefficient (Wildman–Crippen LogP) is 1.20. The van der Waals surface area contributed by atoms with Gasteiger partial charge in [0.05, 0.1) is 5.69 Å². The van der Waals surface area contributed by atoms with Crippen LogP contribution in [0, 0.1) is 0 Å². The van der Waals surface area contributed by atoms with E-state index in [4.69, 9.17) is 11.6 Å². The standard InChI is InChI=1S/C11H9ClN3O/c12-11(16)7-15-5-2-9(3-6-15)10-1-4-13-8-14-10/h1-6,8H,7H2/q+1. The number of carbonyl (C=O) groups excluding carboxylic acids is 1. The average molecular weight is 235 g/mol. The lowest BCUT2D eigenvalue weighted by Gasteiger charge is -1.98. The van der Waals surface area contributed by atoms with Crippen LogP contribution in [0.15, 0.2) is 43.1 Å². The molecular weight excluding hydrogens is 226 g/mol. The third-order valence-corrected chi connectivity index (χ3v) is 2.20. The molecule has 0 unspecified atom stereocenters. The number of hydrogen-bond donors (Lipinski definition) is 0. The Morgan fingerprint density at radius 2 is 2.06 bits per heavy atom. The Morgan fingerprint density at radius 1 is 1.31 bits per heavy atom. The molecule has 0 aliphatic carbocycles. The zero-order valence-corrected chi connectivity index (χ0v) is 9.13. The quantitative estimate of drug-likeness (QED) is 0.592. The van der Waals surface area contributed by atoms with Crippen molar-refractivity contribution < 1.29 is 9.36 Å². The van der Waals surface area contributed by atoms with Crippen molar-refractivity contribution in [2.75, 3.05) is 0 Å². The summed E-state index contributed by atoms with van der Waals surface area (Å²) >= 11 is 5.29. The van der Waals surface area contributed by atoms with Gasteiger partial charge in [-0.3, -0.25) is 4.79 Å². The van der Waals surface area contributed by atoms with E-state index in [1.807, 2.05) is 18.2 Å². The number of pyridine rings is 1. The van der Waals surface area contributed by atoms with E-state index in [-0.39, 0.29) is 11.8 Å². The minimum absolute atomic E-state index is 0.172. The van der Waals surface area contributed by atoms with Gasteiger partial charge in [-0.05, 0) is 17.7 Å². The average Bonchev–Trinajstić information content (AvgIpc) is 2.30. The monoisotopic (exact) mass is 234 g/mol. The highest BCUT2D eigenvalue weighted by molar-refractivity contribution is 6.63. The van der Waals surface area contributed by atoms with Crippen molar-refractivity contribution in [2.24, 2.45) is 0 Å². The SMILES string of the molecule is O=C(Cl)C[n+]1ccc(-c2ccncn2)cc1. The smallest absolute Gasteiger partial charge is 0.274 e. The lowest BCUT2D eigenvalue weighted by atomic mass is 10.2. The van der Waals surface area contributed by atoms with Gasteiger partial charge in [0.15, 0.2) is 12.4 Å². The highest BCUT2D eigenvalue weighted by atomic mass is 35.5. The molecule has 0 N–H and O–H groups in total. The summed E-state index contributed by atoms with van der Waals surface area (Å²) in [6.45, 7) is 0.172. The van der Waals surface area contributed by atoms with Crippen LogP contribution in [0.1, 0.15) is 0 Å². The molecule has 2 rings (SSSR count). The molecule has 4 nitrogen and oxygen atoms in total. The maximum atomic E-state index is 10.7. The summed E-state index contributed by atoms with van der Waals surface area (Å²) < 4.78 is 1.71. The van der Waals surface area contributed by atoms with Crippen LogP contribution in [-0.4, -0.2) is 15.2 Å². The molecule has 0 aliphatic heterocycles. The van der Waals surface area contributed by atoms with E-state index in [0.717, 1.165) is 11.3 Å². The van der Waals surface area contributed by atoms with Crippen LogP contribution < -0.4 is 4.57 Å². The minimum Gasteiger partial charge on any atom is -0.274 e. The van der Waals surface area contributed by atoms with E-state index in [1.54, 1.807) is 23.2 Å². The van der Waals surface area contributed by atoms with Crippen molar-refractivity contribution in [3.8, 4) is 11.3 Å². The van der Waals surface area contributed by atoms with Crippen LogP contribution in [0.2, 0.25) is 0 Å². The molecule has 0 spiro atoms. The Labute approximate surface area is 97.6 Å². The van der Waals surface area contributed by atoms with E-state index in [1.165, 1.54) is 6.33 Å². The molecule has 0 fully saturated rings. The summed E-state index contributed by atoms with van der Waals surface area (Å²) in [7, 11) is 0. The number of aromatic nitrogens is 3. The van der Waals surface area contributed by atoms with Crippen LogP contribution in [0.4, 0.5) is 0 Å². The van der Waals surface area contributed by atoms with Gasteiger partial charge in [0, 0.05) is 23.9 Å². The Balaban J connectivity index is 2.23. The van der Waals surface area contributed by atoms with Gasteiger partial charge in [-0.15, -0.1) is 0 Å². The molecule has 5 heteroatoms. The zero-order chi connectivity index (χ0) is 11.4. The van der Waals surface area contributed by atoms with E-state index < -0.39 is 0 Å². The molecule has 2 aromatic heterocycles. The zero-order valence-electron chi connectivity index (χ0n) is 8.38. The van der Waals surface area contributed by atoms with Gasteiger partial charge >= 0.3 is 0 Å². The first-order valence-electron chi connectivity index (χ1n) is 4.69. The van der Waals surface area contributed by atoms with Gasteiger partial charge in [0.1, 0.15) is 6.33 Å². The van der Waals surface area contributed by atoms with E-state index in [0.29, 0.717) is 0 Å². The second-order valence-electron chi connectivity index (χ2n) is 3.21. The summed E-state index contributed by atoms with van der Waals surface area (Å²) in [5.74, 6) is 0. The van der Waals surface area contributed by atoms with Crippen LogP contribution in [0.25, 0.3) is 11.3 Å². The maximum absolute atomic E-state index is 10.7. The Hall–Kier alpha value is -1.81. The number of rotatable bonds is 3. The lowest BCUT2D eigenvalue weighted by Crippen LogP contribution is -2.35. The number of hydrogen-bond acceptors (Lipinski definition) is 3. The molecule has 16 heavy (non-hydrogen) atoms. The fourth-order valence-electron chi connectivity index (χ4n) is 1.34. The molecule has 2 heterocycles. The second kappa shape index (κ2) is 4.81. The highest BCUT2D eigenvalue weighted by Crippen LogP contribution is 2.12. The van der Waals surface area contributed by atoms with Crippen molar-refractivity contribution in [1.82, 2.24) is 9.97 Å². The Kier molecular flexibility index (Phi) is 3.22. The molecule has 0 amide bonds. The Morgan fingerprint density at radius 3 is 2.62 bits per heavy atom. The molecule has 0 aromatic carbocycles. The molecule has 0 saturated heterocycles. The van der Waals surface area contributed by atoms with Crippen LogP contribution in [0.3, 0.4) is 0 Å². The summed E-state index contributed by atoms with van der Waals surface area (Å²) in [5.41, 5.74) is 1.82. The summed E-state index contributed by atoms with van der Waals surface area (Å²) in [6, 6.07) is 5.58. The molecule has 80 valence electrons. The first kappa shape index (κ1) is 10.7. The number of carbonyl (C=O) groups is 1. The third kappa shape index (κ3) is 2.61. The number of nitrogens with zero attached hydrogens (tertiary/aromatic N) is 3. The minimum atomic E-state index is -0.389. The molecule has 0 atom stereocenters.